The number of nitrogens with zero attached hydrogens (tertiary/aromatic N) is 4. The number of fused-ring (bicyclic) bond motifs is 1. The number of benzene rings is 1. The van der Waals surface area contributed by atoms with Gasteiger partial charge in [-0.15, -0.1) is 0 Å². The van der Waals surface area contributed by atoms with Crippen molar-refractivity contribution in [2.45, 2.75) is 56.8 Å². The van der Waals surface area contributed by atoms with Gasteiger partial charge in [-0.1, -0.05) is 6.07 Å². The van der Waals surface area contributed by atoms with E-state index in [2.05, 4.69) is 31.2 Å². The highest BCUT2D eigenvalue weighted by atomic mass is 19.1. The molecular weight excluding hydrogens is 393 g/mol. The van der Waals surface area contributed by atoms with E-state index in [1.54, 1.807) is 18.6 Å². The number of rotatable bonds is 4. The zero-order valence-electron chi connectivity index (χ0n) is 17.5. The van der Waals surface area contributed by atoms with Gasteiger partial charge in [-0.25, -0.2) is 14.4 Å². The number of aromatic nitrogens is 3. The van der Waals surface area contributed by atoms with Crippen LogP contribution >= 0.6 is 0 Å². The third-order valence-electron chi connectivity index (χ3n) is 6.71. The zero-order valence-corrected chi connectivity index (χ0v) is 17.5. The lowest BCUT2D eigenvalue weighted by Crippen LogP contribution is -2.45. The Bertz CT molecular complexity index is 1050. The van der Waals surface area contributed by atoms with E-state index in [0.717, 1.165) is 66.6 Å². The normalized spacial score (nSPS) is 23.1. The third kappa shape index (κ3) is 4.46. The van der Waals surface area contributed by atoms with Crippen molar-refractivity contribution < 1.29 is 9.50 Å². The van der Waals surface area contributed by atoms with Crippen LogP contribution in [-0.4, -0.2) is 56.3 Å². The molecular formula is C24H28FN5O. The van der Waals surface area contributed by atoms with Crippen molar-refractivity contribution in [1.29, 1.82) is 0 Å². The fourth-order valence-electron chi connectivity index (χ4n) is 4.95. The topological polar surface area (TPSA) is 74.2 Å². The van der Waals surface area contributed by atoms with Crippen molar-refractivity contribution in [3.05, 3.63) is 43.0 Å². The summed E-state index contributed by atoms with van der Waals surface area (Å²) in [5, 5.41) is 14.4. The van der Waals surface area contributed by atoms with Gasteiger partial charge in [0.2, 0.25) is 0 Å². The second-order valence-electron chi connectivity index (χ2n) is 8.75. The Balaban J connectivity index is 1.30. The summed E-state index contributed by atoms with van der Waals surface area (Å²) in [5.41, 5.74) is 2.71. The minimum absolute atomic E-state index is 0.146. The number of piperidine rings is 1. The molecule has 7 heteroatoms. The van der Waals surface area contributed by atoms with Crippen LogP contribution in [0, 0.1) is 0 Å². The molecule has 2 aliphatic rings. The molecule has 0 atom stereocenters. The van der Waals surface area contributed by atoms with Gasteiger partial charge >= 0.3 is 0 Å². The quantitative estimate of drug-likeness (QED) is 0.644. The van der Waals surface area contributed by atoms with Gasteiger partial charge in [-0.2, -0.15) is 0 Å². The van der Waals surface area contributed by atoms with E-state index >= 15 is 0 Å². The van der Waals surface area contributed by atoms with Crippen LogP contribution in [0.15, 0.2) is 43.0 Å². The van der Waals surface area contributed by atoms with Crippen molar-refractivity contribution in [2.24, 2.45) is 0 Å². The predicted molar refractivity (Wildman–Crippen MR) is 120 cm³/mol. The van der Waals surface area contributed by atoms with Crippen molar-refractivity contribution in [3.8, 4) is 16.9 Å². The van der Waals surface area contributed by atoms with E-state index in [4.69, 9.17) is 0 Å². The largest absolute Gasteiger partial charge is 0.506 e. The maximum absolute atomic E-state index is 13.4. The predicted octanol–water partition coefficient (Wildman–Crippen LogP) is 4.55. The number of aromatic hydroxyl groups is 1. The second kappa shape index (κ2) is 8.75. The molecule has 0 spiro atoms. The summed E-state index contributed by atoms with van der Waals surface area (Å²) in [6, 6.07) is 8.68. The maximum atomic E-state index is 13.4. The first-order valence-corrected chi connectivity index (χ1v) is 11.2. The first kappa shape index (κ1) is 20.1. The number of alkyl halides is 1. The van der Waals surface area contributed by atoms with Gasteiger partial charge in [0.25, 0.3) is 0 Å². The highest BCUT2D eigenvalue weighted by Gasteiger charge is 2.29. The molecule has 162 valence electrons. The fraction of sp³-hybridized carbons (Fsp3) is 0.458. The van der Waals surface area contributed by atoms with Crippen molar-refractivity contribution in [1.82, 2.24) is 19.9 Å². The van der Waals surface area contributed by atoms with Gasteiger partial charge in [0.05, 0.1) is 11.7 Å². The number of anilines is 1. The minimum Gasteiger partial charge on any atom is -0.506 e. The summed E-state index contributed by atoms with van der Waals surface area (Å²) in [4.78, 5) is 15.5. The zero-order chi connectivity index (χ0) is 21.2. The highest BCUT2D eigenvalue weighted by Crippen LogP contribution is 2.31. The van der Waals surface area contributed by atoms with Crippen LogP contribution in [-0.2, 0) is 0 Å². The first-order valence-electron chi connectivity index (χ1n) is 11.2. The summed E-state index contributed by atoms with van der Waals surface area (Å²) in [7, 11) is 0. The Labute approximate surface area is 181 Å². The maximum Gasteiger partial charge on any atom is 0.137 e. The summed E-state index contributed by atoms with van der Waals surface area (Å²) < 4.78 is 13.4. The molecule has 0 bridgehead atoms. The molecule has 0 amide bonds. The van der Waals surface area contributed by atoms with Crippen LogP contribution in [0.5, 0.6) is 5.75 Å². The molecule has 0 radical (unpaired) electrons. The summed E-state index contributed by atoms with van der Waals surface area (Å²) in [5.74, 6) is 0.995. The Morgan fingerprint density at radius 1 is 0.935 bits per heavy atom. The number of pyridine rings is 1. The molecule has 5 rings (SSSR count). The Morgan fingerprint density at radius 3 is 2.52 bits per heavy atom. The van der Waals surface area contributed by atoms with E-state index in [0.29, 0.717) is 24.9 Å². The van der Waals surface area contributed by atoms with Gasteiger partial charge in [0.1, 0.15) is 24.1 Å². The SMILES string of the molecule is Oc1cncc(-c2ccc3ncnc(N[C@H]4CC[C@H](N5CCC(F)CC5)CC4)c3c2)c1. The lowest BCUT2D eigenvalue weighted by Gasteiger charge is -2.39. The van der Waals surface area contributed by atoms with E-state index in [1.165, 1.54) is 6.20 Å². The molecule has 2 N–H and O–H groups in total. The van der Waals surface area contributed by atoms with Crippen molar-refractivity contribution >= 4 is 16.7 Å². The van der Waals surface area contributed by atoms with Gasteiger partial charge in [0.15, 0.2) is 0 Å². The summed E-state index contributed by atoms with van der Waals surface area (Å²) >= 11 is 0. The number of hydrogen-bond donors (Lipinski definition) is 2. The van der Waals surface area contributed by atoms with Gasteiger partial charge in [-0.3, -0.25) is 4.98 Å². The van der Waals surface area contributed by atoms with Gasteiger partial charge < -0.3 is 15.3 Å². The average Bonchev–Trinajstić information content (AvgIpc) is 2.80. The van der Waals surface area contributed by atoms with Crippen LogP contribution in [0.3, 0.4) is 0 Å². The first-order chi connectivity index (χ1) is 15.2. The van der Waals surface area contributed by atoms with Crippen molar-refractivity contribution in [3.63, 3.8) is 0 Å². The molecule has 0 unspecified atom stereocenters. The number of hydrogen-bond acceptors (Lipinski definition) is 6. The molecule has 1 saturated heterocycles. The van der Waals surface area contributed by atoms with E-state index in [1.807, 2.05) is 12.1 Å². The Hall–Kier alpha value is -2.80. The minimum atomic E-state index is -0.610. The van der Waals surface area contributed by atoms with Gasteiger partial charge in [-0.05, 0) is 62.3 Å². The molecule has 1 aliphatic carbocycles. The van der Waals surface area contributed by atoms with E-state index in [-0.39, 0.29) is 5.75 Å². The number of nitrogens with one attached hydrogen (secondary N) is 1. The van der Waals surface area contributed by atoms with Crippen LogP contribution in [0.1, 0.15) is 38.5 Å². The third-order valence-corrected chi connectivity index (χ3v) is 6.71. The molecule has 3 heterocycles. The molecule has 2 aromatic heterocycles. The average molecular weight is 422 g/mol. The molecule has 1 aromatic carbocycles. The van der Waals surface area contributed by atoms with Crippen LogP contribution in [0.25, 0.3) is 22.0 Å². The second-order valence-corrected chi connectivity index (χ2v) is 8.75. The molecule has 2 fully saturated rings. The molecule has 1 saturated carbocycles. The molecule has 3 aromatic rings. The van der Waals surface area contributed by atoms with E-state index < -0.39 is 6.17 Å². The van der Waals surface area contributed by atoms with Crippen LogP contribution in [0.4, 0.5) is 10.2 Å². The summed E-state index contributed by atoms with van der Waals surface area (Å²) in [6.45, 7) is 1.79. The monoisotopic (exact) mass is 421 g/mol. The van der Waals surface area contributed by atoms with Crippen molar-refractivity contribution in [2.75, 3.05) is 18.4 Å². The Kier molecular flexibility index (Phi) is 5.68. The highest BCUT2D eigenvalue weighted by molar-refractivity contribution is 5.92. The molecule has 1 aliphatic heterocycles. The Morgan fingerprint density at radius 2 is 1.74 bits per heavy atom. The standard InChI is InChI=1S/C24H28FN5O/c25-18-7-9-30(10-8-18)20-4-2-19(3-5-20)29-24-22-12-16(1-6-23(22)27-15-28-24)17-11-21(31)14-26-13-17/h1,6,11-15,18-20,31H,2-5,7-10H2,(H,27,28,29)/t19-,20-. The summed E-state index contributed by atoms with van der Waals surface area (Å²) in [6.07, 6.45) is 9.97. The lowest BCUT2D eigenvalue weighted by atomic mass is 9.89. The van der Waals surface area contributed by atoms with Crippen LogP contribution in [0.2, 0.25) is 0 Å². The van der Waals surface area contributed by atoms with Crippen LogP contribution < -0.4 is 5.32 Å². The smallest absolute Gasteiger partial charge is 0.137 e. The number of likely N-dealkylation sites (tertiary alicyclic amines) is 1. The fourth-order valence-corrected chi connectivity index (χ4v) is 4.95. The molecule has 31 heavy (non-hydrogen) atoms. The van der Waals surface area contributed by atoms with Gasteiger partial charge in [0, 0.05) is 42.3 Å². The molecule has 6 nitrogen and oxygen atoms in total. The van der Waals surface area contributed by atoms with E-state index in [9.17, 15) is 9.50 Å². The number of halogens is 1. The lowest BCUT2D eigenvalue weighted by molar-refractivity contribution is 0.0895.